The van der Waals surface area contributed by atoms with Crippen LogP contribution in [0.5, 0.6) is 5.75 Å². The summed E-state index contributed by atoms with van der Waals surface area (Å²) in [5.74, 6) is 0.900. The number of hydrogen-bond acceptors (Lipinski definition) is 3. The summed E-state index contributed by atoms with van der Waals surface area (Å²) in [6.07, 6.45) is 3.72. The highest BCUT2D eigenvalue weighted by Crippen LogP contribution is 2.16. The highest BCUT2D eigenvalue weighted by molar-refractivity contribution is 5.28. The lowest BCUT2D eigenvalue weighted by Gasteiger charge is -2.13. The van der Waals surface area contributed by atoms with Crippen LogP contribution in [0, 0.1) is 0 Å². The van der Waals surface area contributed by atoms with Gasteiger partial charge in [-0.25, -0.2) is 4.98 Å². The Morgan fingerprint density at radius 2 is 2.20 bits per heavy atom. The van der Waals surface area contributed by atoms with Crippen molar-refractivity contribution in [3.63, 3.8) is 0 Å². The Morgan fingerprint density at radius 3 is 2.95 bits per heavy atom. The number of ether oxygens (including phenoxy) is 1. The average Bonchev–Trinajstić information content (AvgIpc) is 2.92. The summed E-state index contributed by atoms with van der Waals surface area (Å²) in [5, 5.41) is 3.32. The van der Waals surface area contributed by atoms with Gasteiger partial charge in [-0.2, -0.15) is 0 Å². The SMILES string of the molecule is CCNCc1cccc(OCc2cncn2C(C)C)c1. The molecule has 1 N–H and O–H groups in total. The van der Waals surface area contributed by atoms with Gasteiger partial charge in [0.2, 0.25) is 0 Å². The standard InChI is InChI=1S/C16H23N3O/c1-4-17-9-14-6-5-7-16(8-14)20-11-15-10-18-12-19(15)13(2)3/h5-8,10,12-13,17H,4,9,11H2,1-3H3. The van der Waals surface area contributed by atoms with Gasteiger partial charge in [-0.1, -0.05) is 19.1 Å². The quantitative estimate of drug-likeness (QED) is 0.842. The highest BCUT2D eigenvalue weighted by Gasteiger charge is 2.06. The molecule has 0 aliphatic heterocycles. The van der Waals surface area contributed by atoms with E-state index in [4.69, 9.17) is 4.74 Å². The normalized spacial score (nSPS) is 11.0. The minimum Gasteiger partial charge on any atom is -0.487 e. The second kappa shape index (κ2) is 7.10. The maximum Gasteiger partial charge on any atom is 0.130 e. The lowest BCUT2D eigenvalue weighted by Crippen LogP contribution is -2.11. The summed E-state index contributed by atoms with van der Waals surface area (Å²) in [7, 11) is 0. The first-order chi connectivity index (χ1) is 9.70. The van der Waals surface area contributed by atoms with Crippen molar-refractivity contribution in [1.82, 2.24) is 14.9 Å². The first-order valence-electron chi connectivity index (χ1n) is 7.14. The van der Waals surface area contributed by atoms with Crippen LogP contribution in [0.1, 0.15) is 38.1 Å². The summed E-state index contributed by atoms with van der Waals surface area (Å²) >= 11 is 0. The van der Waals surface area contributed by atoms with Crippen molar-refractivity contribution >= 4 is 0 Å². The highest BCUT2D eigenvalue weighted by atomic mass is 16.5. The van der Waals surface area contributed by atoms with Gasteiger partial charge < -0.3 is 14.6 Å². The summed E-state index contributed by atoms with van der Waals surface area (Å²) in [4.78, 5) is 4.19. The number of hydrogen-bond donors (Lipinski definition) is 1. The van der Waals surface area contributed by atoms with E-state index in [9.17, 15) is 0 Å². The number of aromatic nitrogens is 2. The molecule has 1 aromatic carbocycles. The molecule has 0 aliphatic rings. The molecule has 0 aliphatic carbocycles. The first-order valence-corrected chi connectivity index (χ1v) is 7.14. The molecule has 1 aromatic heterocycles. The van der Waals surface area contributed by atoms with Crippen molar-refractivity contribution in [2.75, 3.05) is 6.54 Å². The molecule has 0 bridgehead atoms. The molecule has 2 aromatic rings. The second-order valence-electron chi connectivity index (χ2n) is 5.10. The fourth-order valence-electron chi connectivity index (χ4n) is 2.08. The molecule has 0 amide bonds. The fourth-order valence-corrected chi connectivity index (χ4v) is 2.08. The predicted molar refractivity (Wildman–Crippen MR) is 80.8 cm³/mol. The van der Waals surface area contributed by atoms with Crippen LogP contribution in [-0.2, 0) is 13.2 Å². The third-order valence-electron chi connectivity index (χ3n) is 3.17. The molecule has 4 nitrogen and oxygen atoms in total. The smallest absolute Gasteiger partial charge is 0.130 e. The third kappa shape index (κ3) is 3.84. The third-order valence-corrected chi connectivity index (χ3v) is 3.17. The molecule has 0 radical (unpaired) electrons. The van der Waals surface area contributed by atoms with Crippen LogP contribution in [0.3, 0.4) is 0 Å². The van der Waals surface area contributed by atoms with Gasteiger partial charge in [0.25, 0.3) is 0 Å². The molecule has 4 heteroatoms. The summed E-state index contributed by atoms with van der Waals surface area (Å²) < 4.78 is 8.00. The predicted octanol–water partition coefficient (Wildman–Crippen LogP) is 3.15. The number of nitrogens with one attached hydrogen (secondary N) is 1. The lowest BCUT2D eigenvalue weighted by atomic mass is 10.2. The van der Waals surface area contributed by atoms with Crippen molar-refractivity contribution in [1.29, 1.82) is 0 Å². The molecule has 20 heavy (non-hydrogen) atoms. The Balaban J connectivity index is 1.98. The minimum atomic E-state index is 0.399. The van der Waals surface area contributed by atoms with Crippen molar-refractivity contribution < 1.29 is 4.74 Å². The Kier molecular flexibility index (Phi) is 5.18. The molecule has 0 saturated heterocycles. The van der Waals surface area contributed by atoms with Gasteiger partial charge in [0, 0.05) is 12.6 Å². The molecule has 1 heterocycles. The molecule has 108 valence electrons. The van der Waals surface area contributed by atoms with E-state index in [1.807, 2.05) is 24.7 Å². The number of imidazole rings is 1. The Labute approximate surface area is 120 Å². The van der Waals surface area contributed by atoms with Gasteiger partial charge in [0.15, 0.2) is 0 Å². The van der Waals surface area contributed by atoms with Crippen LogP contribution in [0.25, 0.3) is 0 Å². The van der Waals surface area contributed by atoms with E-state index in [2.05, 4.69) is 47.8 Å². The van der Waals surface area contributed by atoms with Crippen LogP contribution in [0.4, 0.5) is 0 Å². The number of benzene rings is 1. The molecule has 0 spiro atoms. The zero-order valence-electron chi connectivity index (χ0n) is 12.5. The summed E-state index contributed by atoms with van der Waals surface area (Å²) in [6.45, 7) is 8.77. The lowest BCUT2D eigenvalue weighted by molar-refractivity contribution is 0.291. The molecule has 0 atom stereocenters. The largest absolute Gasteiger partial charge is 0.487 e. The number of nitrogens with zero attached hydrogens (tertiary/aromatic N) is 2. The topological polar surface area (TPSA) is 39.1 Å². The van der Waals surface area contributed by atoms with Crippen LogP contribution in [0.2, 0.25) is 0 Å². The maximum atomic E-state index is 5.87. The van der Waals surface area contributed by atoms with Gasteiger partial charge in [0.1, 0.15) is 12.4 Å². The second-order valence-corrected chi connectivity index (χ2v) is 5.10. The number of rotatable bonds is 7. The Hall–Kier alpha value is -1.81. The molecule has 2 rings (SSSR count). The first kappa shape index (κ1) is 14.6. The van der Waals surface area contributed by atoms with E-state index in [0.717, 1.165) is 24.5 Å². The van der Waals surface area contributed by atoms with E-state index < -0.39 is 0 Å². The molecule has 0 fully saturated rings. The van der Waals surface area contributed by atoms with Gasteiger partial charge in [0.05, 0.1) is 18.2 Å². The van der Waals surface area contributed by atoms with E-state index in [1.165, 1.54) is 5.56 Å². The van der Waals surface area contributed by atoms with Gasteiger partial charge >= 0.3 is 0 Å². The van der Waals surface area contributed by atoms with E-state index in [1.54, 1.807) is 0 Å². The van der Waals surface area contributed by atoms with Crippen LogP contribution >= 0.6 is 0 Å². The van der Waals surface area contributed by atoms with Gasteiger partial charge in [-0.3, -0.25) is 0 Å². The van der Waals surface area contributed by atoms with Crippen LogP contribution in [-0.4, -0.2) is 16.1 Å². The Bertz CT molecular complexity index is 534. The molecular formula is C16H23N3O. The van der Waals surface area contributed by atoms with Gasteiger partial charge in [-0.15, -0.1) is 0 Å². The zero-order chi connectivity index (χ0) is 14.4. The molecular weight excluding hydrogens is 250 g/mol. The van der Waals surface area contributed by atoms with Crippen LogP contribution in [0.15, 0.2) is 36.8 Å². The summed E-state index contributed by atoms with van der Waals surface area (Å²) in [5.41, 5.74) is 2.33. The molecule has 0 saturated carbocycles. The fraction of sp³-hybridized carbons (Fsp3) is 0.438. The van der Waals surface area contributed by atoms with E-state index in [-0.39, 0.29) is 0 Å². The van der Waals surface area contributed by atoms with Crippen molar-refractivity contribution in [2.45, 2.75) is 40.0 Å². The van der Waals surface area contributed by atoms with E-state index >= 15 is 0 Å². The average molecular weight is 273 g/mol. The van der Waals surface area contributed by atoms with E-state index in [0.29, 0.717) is 12.6 Å². The maximum absolute atomic E-state index is 5.87. The van der Waals surface area contributed by atoms with Gasteiger partial charge in [-0.05, 0) is 38.1 Å². The monoisotopic (exact) mass is 273 g/mol. The Morgan fingerprint density at radius 1 is 1.35 bits per heavy atom. The van der Waals surface area contributed by atoms with Crippen molar-refractivity contribution in [3.8, 4) is 5.75 Å². The van der Waals surface area contributed by atoms with Crippen molar-refractivity contribution in [2.24, 2.45) is 0 Å². The minimum absolute atomic E-state index is 0.399. The molecule has 0 unspecified atom stereocenters. The van der Waals surface area contributed by atoms with Crippen LogP contribution < -0.4 is 10.1 Å². The zero-order valence-corrected chi connectivity index (χ0v) is 12.5. The summed E-state index contributed by atoms with van der Waals surface area (Å²) in [6, 6.07) is 8.61. The van der Waals surface area contributed by atoms with Crippen molar-refractivity contribution in [3.05, 3.63) is 48.0 Å².